The van der Waals surface area contributed by atoms with E-state index in [0.29, 0.717) is 9.28 Å². The van der Waals surface area contributed by atoms with E-state index in [2.05, 4.69) is 4.99 Å². The lowest BCUT2D eigenvalue weighted by molar-refractivity contribution is 0.161. The Morgan fingerprint density at radius 1 is 1.70 bits per heavy atom. The quantitative estimate of drug-likeness (QED) is 0.459. The molecular formula is C5H7F2IN2. The van der Waals surface area contributed by atoms with Gasteiger partial charge in [-0.1, -0.05) is 0 Å². The van der Waals surface area contributed by atoms with Crippen LogP contribution in [0.25, 0.3) is 0 Å². The molecule has 0 aromatic carbocycles. The first-order valence-corrected chi connectivity index (χ1v) is 3.55. The Kier molecular flexibility index (Phi) is 4.50. The molecule has 0 amide bonds. The summed E-state index contributed by atoms with van der Waals surface area (Å²) in [6.45, 7) is -1.02. The van der Waals surface area contributed by atoms with Crippen molar-refractivity contribution >= 4 is 28.8 Å². The molecule has 0 spiro atoms. The van der Waals surface area contributed by atoms with Crippen LogP contribution in [0, 0.1) is 0 Å². The highest BCUT2D eigenvalue weighted by atomic mass is 127. The van der Waals surface area contributed by atoms with E-state index in [0.717, 1.165) is 6.21 Å². The van der Waals surface area contributed by atoms with Crippen LogP contribution in [-0.2, 0) is 0 Å². The molecule has 0 saturated carbocycles. The van der Waals surface area contributed by atoms with Crippen LogP contribution < -0.4 is 5.73 Å². The number of allylic oxidation sites excluding steroid dienone is 2. The molecule has 0 aromatic heterocycles. The summed E-state index contributed by atoms with van der Waals surface area (Å²) in [7, 11) is 0. The maximum absolute atomic E-state index is 11.4. The van der Waals surface area contributed by atoms with Crippen LogP contribution in [0.5, 0.6) is 0 Å². The molecule has 0 heterocycles. The third-order valence-corrected chi connectivity index (χ3v) is 1.81. The highest BCUT2D eigenvalue weighted by molar-refractivity contribution is 14.1. The van der Waals surface area contributed by atoms with Gasteiger partial charge in [0.25, 0.3) is 0 Å². The molecule has 5 heteroatoms. The van der Waals surface area contributed by atoms with Gasteiger partial charge in [-0.15, -0.1) is 0 Å². The zero-order valence-corrected chi connectivity index (χ0v) is 7.47. The van der Waals surface area contributed by atoms with Crippen molar-refractivity contribution in [3.8, 4) is 0 Å². The van der Waals surface area contributed by atoms with Gasteiger partial charge in [-0.05, 0) is 29.5 Å². The first-order chi connectivity index (χ1) is 4.54. The van der Waals surface area contributed by atoms with Gasteiger partial charge < -0.3 is 5.73 Å². The Hall–Kier alpha value is -0.200. The van der Waals surface area contributed by atoms with Crippen molar-refractivity contribution < 1.29 is 8.78 Å². The van der Waals surface area contributed by atoms with Gasteiger partial charge in [0.2, 0.25) is 0 Å². The van der Waals surface area contributed by atoms with E-state index in [1.54, 1.807) is 6.92 Å². The van der Waals surface area contributed by atoms with Gasteiger partial charge in [-0.25, -0.2) is 4.99 Å². The highest BCUT2D eigenvalue weighted by Crippen LogP contribution is 2.06. The minimum absolute atomic E-state index is 0.491. The number of hydrogen-bond acceptors (Lipinski definition) is 2. The van der Waals surface area contributed by atoms with Gasteiger partial charge in [-0.2, -0.15) is 8.78 Å². The second-order valence-corrected chi connectivity index (χ2v) is 2.75. The molecule has 0 fully saturated rings. The maximum Gasteiger partial charge on any atom is 0.331 e. The standard InChI is InChI=1S/C5H7F2IN2/c1-3(9)4(8)2-10-5(6)7/h2,5H,9H2,1H3. The van der Waals surface area contributed by atoms with Crippen molar-refractivity contribution in [2.75, 3.05) is 0 Å². The zero-order valence-electron chi connectivity index (χ0n) is 5.31. The van der Waals surface area contributed by atoms with E-state index >= 15 is 0 Å². The molecule has 0 aromatic rings. The van der Waals surface area contributed by atoms with Crippen LogP contribution in [0.4, 0.5) is 8.78 Å². The lowest BCUT2D eigenvalue weighted by Gasteiger charge is -1.91. The third-order valence-electron chi connectivity index (χ3n) is 0.677. The number of nitrogens with two attached hydrogens (primary N) is 1. The first kappa shape index (κ1) is 9.80. The maximum atomic E-state index is 11.4. The van der Waals surface area contributed by atoms with Gasteiger partial charge in [-0.3, -0.25) is 0 Å². The second-order valence-electron chi connectivity index (χ2n) is 1.59. The molecule has 0 saturated heterocycles. The van der Waals surface area contributed by atoms with Crippen LogP contribution in [0.15, 0.2) is 14.3 Å². The van der Waals surface area contributed by atoms with Gasteiger partial charge in [0.1, 0.15) is 0 Å². The number of alkyl halides is 2. The second kappa shape index (κ2) is 4.59. The Morgan fingerprint density at radius 2 is 2.20 bits per heavy atom. The van der Waals surface area contributed by atoms with E-state index in [1.807, 2.05) is 22.6 Å². The average Bonchev–Trinajstić information content (AvgIpc) is 1.82. The lowest BCUT2D eigenvalue weighted by Crippen LogP contribution is -1.95. The Labute approximate surface area is 71.3 Å². The molecule has 0 unspecified atom stereocenters. The number of hydrogen-bond donors (Lipinski definition) is 1. The average molecular weight is 260 g/mol. The van der Waals surface area contributed by atoms with Crippen LogP contribution in [0.1, 0.15) is 6.92 Å². The number of rotatable bonds is 2. The summed E-state index contributed by atoms with van der Waals surface area (Å²) in [6, 6.07) is 0. The van der Waals surface area contributed by atoms with E-state index in [1.165, 1.54) is 0 Å². The highest BCUT2D eigenvalue weighted by Gasteiger charge is 1.94. The van der Waals surface area contributed by atoms with E-state index in [4.69, 9.17) is 5.73 Å². The minimum Gasteiger partial charge on any atom is -0.401 e. The molecule has 0 aliphatic carbocycles. The molecule has 2 nitrogen and oxygen atoms in total. The molecule has 0 aliphatic heterocycles. The van der Waals surface area contributed by atoms with Crippen molar-refractivity contribution in [3.05, 3.63) is 9.28 Å². The SMILES string of the molecule is CC(N)=C(I)C=NC(F)F. The van der Waals surface area contributed by atoms with E-state index < -0.39 is 6.55 Å². The predicted molar refractivity (Wildman–Crippen MR) is 45.4 cm³/mol. The fraction of sp³-hybridized carbons (Fsp3) is 0.400. The summed E-state index contributed by atoms with van der Waals surface area (Å²) >= 11 is 1.84. The normalized spacial score (nSPS) is 14.5. The molecule has 0 atom stereocenters. The molecular weight excluding hydrogens is 253 g/mol. The fourth-order valence-corrected chi connectivity index (χ4v) is 0.384. The summed E-state index contributed by atoms with van der Waals surface area (Å²) in [4.78, 5) is 2.84. The largest absolute Gasteiger partial charge is 0.401 e. The van der Waals surface area contributed by atoms with Crippen LogP contribution in [0.2, 0.25) is 0 Å². The predicted octanol–water partition coefficient (Wildman–Crippen LogP) is 1.91. The Balaban J connectivity index is 4.03. The molecule has 0 rings (SSSR count). The van der Waals surface area contributed by atoms with E-state index in [9.17, 15) is 8.78 Å². The van der Waals surface area contributed by atoms with Crippen molar-refractivity contribution in [2.24, 2.45) is 10.7 Å². The summed E-state index contributed by atoms with van der Waals surface area (Å²) in [5, 5.41) is 0. The minimum atomic E-state index is -2.65. The topological polar surface area (TPSA) is 38.4 Å². The molecule has 58 valence electrons. The first-order valence-electron chi connectivity index (χ1n) is 2.47. The summed E-state index contributed by atoms with van der Waals surface area (Å²) in [5.41, 5.74) is 5.75. The van der Waals surface area contributed by atoms with Crippen molar-refractivity contribution in [1.29, 1.82) is 0 Å². The Bertz CT molecular complexity index is 161. The van der Waals surface area contributed by atoms with Gasteiger partial charge >= 0.3 is 6.55 Å². The smallest absolute Gasteiger partial charge is 0.331 e. The lowest BCUT2D eigenvalue weighted by atomic mass is 10.5. The van der Waals surface area contributed by atoms with Crippen LogP contribution >= 0.6 is 22.6 Å². The molecule has 0 aliphatic rings. The number of aliphatic imine (C=N–C) groups is 1. The van der Waals surface area contributed by atoms with Crippen LogP contribution in [0.3, 0.4) is 0 Å². The number of halogens is 3. The van der Waals surface area contributed by atoms with Crippen molar-refractivity contribution in [3.63, 3.8) is 0 Å². The Morgan fingerprint density at radius 3 is 2.50 bits per heavy atom. The van der Waals surface area contributed by atoms with Gasteiger partial charge in [0.05, 0.1) is 0 Å². The summed E-state index contributed by atoms with van der Waals surface area (Å²) < 4.78 is 23.3. The monoisotopic (exact) mass is 260 g/mol. The molecule has 0 bridgehead atoms. The van der Waals surface area contributed by atoms with E-state index in [-0.39, 0.29) is 0 Å². The van der Waals surface area contributed by atoms with Gasteiger partial charge in [0, 0.05) is 15.5 Å². The molecule has 10 heavy (non-hydrogen) atoms. The van der Waals surface area contributed by atoms with Crippen molar-refractivity contribution in [2.45, 2.75) is 13.5 Å². The number of nitrogens with zero attached hydrogens (tertiary/aromatic N) is 1. The molecule has 2 N–H and O–H groups in total. The fourth-order valence-electron chi connectivity index (χ4n) is 0.224. The molecule has 0 radical (unpaired) electrons. The zero-order chi connectivity index (χ0) is 8.15. The summed E-state index contributed by atoms with van der Waals surface area (Å²) in [6.07, 6.45) is 1.06. The third kappa shape index (κ3) is 4.66. The van der Waals surface area contributed by atoms with Crippen molar-refractivity contribution in [1.82, 2.24) is 0 Å². The van der Waals surface area contributed by atoms with Crippen LogP contribution in [-0.4, -0.2) is 12.8 Å². The summed E-state index contributed by atoms with van der Waals surface area (Å²) in [5.74, 6) is 0. The van der Waals surface area contributed by atoms with Gasteiger partial charge in [0.15, 0.2) is 0 Å².